The van der Waals surface area contributed by atoms with E-state index in [-0.39, 0.29) is 0 Å². The highest BCUT2D eigenvalue weighted by atomic mass is 16.5. The molecule has 0 spiro atoms. The van der Waals surface area contributed by atoms with E-state index in [9.17, 15) is 0 Å². The van der Waals surface area contributed by atoms with Crippen LogP contribution in [-0.4, -0.2) is 51.2 Å². The molecule has 7 heteroatoms. The van der Waals surface area contributed by atoms with Crippen LogP contribution in [0.15, 0.2) is 54.9 Å². The van der Waals surface area contributed by atoms with Crippen molar-refractivity contribution in [1.29, 1.82) is 0 Å². The molecular weight excluding hydrogens is 366 g/mol. The Bertz CT molecular complexity index is 874. The first-order valence-corrected chi connectivity index (χ1v) is 10.0. The van der Waals surface area contributed by atoms with E-state index >= 15 is 0 Å². The number of nitrogens with zero attached hydrogens (tertiary/aromatic N) is 5. The summed E-state index contributed by atoms with van der Waals surface area (Å²) >= 11 is 0. The third-order valence-corrected chi connectivity index (χ3v) is 5.22. The van der Waals surface area contributed by atoms with E-state index in [1.807, 2.05) is 41.2 Å². The van der Waals surface area contributed by atoms with Crippen molar-refractivity contribution in [1.82, 2.24) is 24.9 Å². The molecule has 1 aromatic carbocycles. The maximum atomic E-state index is 5.79. The second kappa shape index (κ2) is 9.62. The normalized spacial score (nSPS) is 15.5. The van der Waals surface area contributed by atoms with Crippen molar-refractivity contribution in [2.75, 3.05) is 20.2 Å². The molecule has 0 amide bonds. The molecule has 7 nitrogen and oxygen atoms in total. The summed E-state index contributed by atoms with van der Waals surface area (Å²) in [6.45, 7) is 4.10. The fourth-order valence-electron chi connectivity index (χ4n) is 3.54. The summed E-state index contributed by atoms with van der Waals surface area (Å²) in [5.41, 5.74) is 3.09. The molecule has 1 saturated heterocycles. The van der Waals surface area contributed by atoms with E-state index < -0.39 is 0 Å². The van der Waals surface area contributed by atoms with Gasteiger partial charge in [-0.15, -0.1) is 5.10 Å². The van der Waals surface area contributed by atoms with Crippen molar-refractivity contribution in [3.8, 4) is 5.75 Å². The molecule has 1 aliphatic heterocycles. The SMILES string of the molecule is COC1CCN(Cc2cn(Cc3ccc(OCc4ccccn4)cc3)nn2)CC1. The Morgan fingerprint density at radius 3 is 2.55 bits per heavy atom. The van der Waals surface area contributed by atoms with Gasteiger partial charge in [-0.2, -0.15) is 0 Å². The number of hydrogen-bond acceptors (Lipinski definition) is 6. The molecule has 4 rings (SSSR count). The first-order valence-electron chi connectivity index (χ1n) is 10.0. The van der Waals surface area contributed by atoms with Gasteiger partial charge in [0.2, 0.25) is 0 Å². The highest BCUT2D eigenvalue weighted by Crippen LogP contribution is 2.16. The Morgan fingerprint density at radius 2 is 1.83 bits per heavy atom. The zero-order valence-corrected chi connectivity index (χ0v) is 16.8. The molecule has 0 aliphatic carbocycles. The molecular formula is C22H27N5O2. The van der Waals surface area contributed by atoms with E-state index in [2.05, 4.69) is 32.3 Å². The van der Waals surface area contributed by atoms with Gasteiger partial charge in [0.25, 0.3) is 0 Å². The average molecular weight is 393 g/mol. The number of hydrogen-bond donors (Lipinski definition) is 0. The van der Waals surface area contributed by atoms with Crippen LogP contribution in [-0.2, 0) is 24.4 Å². The number of methoxy groups -OCH3 is 1. The van der Waals surface area contributed by atoms with Gasteiger partial charge in [0, 0.05) is 32.9 Å². The Morgan fingerprint density at radius 1 is 1.00 bits per heavy atom. The Balaban J connectivity index is 1.26. The molecule has 0 unspecified atom stereocenters. The van der Waals surface area contributed by atoms with Crippen LogP contribution >= 0.6 is 0 Å². The fourth-order valence-corrected chi connectivity index (χ4v) is 3.54. The second-order valence-electron chi connectivity index (χ2n) is 7.37. The molecule has 0 atom stereocenters. The van der Waals surface area contributed by atoms with Crippen LogP contribution in [0.4, 0.5) is 0 Å². The number of rotatable bonds is 8. The summed E-state index contributed by atoms with van der Waals surface area (Å²) in [6, 6.07) is 13.9. The summed E-state index contributed by atoms with van der Waals surface area (Å²) in [5, 5.41) is 8.62. The van der Waals surface area contributed by atoms with Gasteiger partial charge in [-0.3, -0.25) is 9.88 Å². The predicted octanol–water partition coefficient (Wildman–Crippen LogP) is 2.91. The summed E-state index contributed by atoms with van der Waals surface area (Å²) in [6.07, 6.45) is 6.38. The van der Waals surface area contributed by atoms with E-state index in [4.69, 9.17) is 9.47 Å². The van der Waals surface area contributed by atoms with Crippen LogP contribution < -0.4 is 4.74 Å². The van der Waals surface area contributed by atoms with E-state index in [1.165, 1.54) is 0 Å². The number of likely N-dealkylation sites (tertiary alicyclic amines) is 1. The number of benzene rings is 1. The third-order valence-electron chi connectivity index (χ3n) is 5.22. The van der Waals surface area contributed by atoms with Gasteiger partial charge >= 0.3 is 0 Å². The molecule has 3 aromatic rings. The molecule has 1 aliphatic rings. The average Bonchev–Trinajstić information content (AvgIpc) is 3.21. The molecule has 0 radical (unpaired) electrons. The standard InChI is InChI=1S/C22H27N5O2/c1-28-21-9-12-26(13-10-21)15-20-16-27(25-24-20)14-18-5-7-22(8-6-18)29-17-19-4-2-3-11-23-19/h2-8,11,16,21H,9-10,12-15,17H2,1H3. The minimum absolute atomic E-state index is 0.401. The van der Waals surface area contributed by atoms with Gasteiger partial charge in [0.15, 0.2) is 0 Å². The molecule has 0 N–H and O–H groups in total. The first-order chi connectivity index (χ1) is 14.3. The Labute approximate surface area is 171 Å². The molecule has 2 aromatic heterocycles. The number of ether oxygens (including phenoxy) is 2. The Hall–Kier alpha value is -2.77. The van der Waals surface area contributed by atoms with Gasteiger partial charge in [-0.1, -0.05) is 23.4 Å². The van der Waals surface area contributed by atoms with Gasteiger partial charge in [0.05, 0.1) is 30.2 Å². The van der Waals surface area contributed by atoms with Crippen LogP contribution in [0.5, 0.6) is 5.75 Å². The lowest BCUT2D eigenvalue weighted by Gasteiger charge is -2.30. The fraction of sp³-hybridized carbons (Fsp3) is 0.409. The molecule has 152 valence electrons. The monoisotopic (exact) mass is 393 g/mol. The van der Waals surface area contributed by atoms with Crippen LogP contribution in [0.25, 0.3) is 0 Å². The summed E-state index contributed by atoms with van der Waals surface area (Å²) in [7, 11) is 1.80. The molecule has 1 fully saturated rings. The lowest BCUT2D eigenvalue weighted by Crippen LogP contribution is -2.36. The Kier molecular flexibility index (Phi) is 6.49. The number of piperidine rings is 1. The zero-order chi connectivity index (χ0) is 19.9. The van der Waals surface area contributed by atoms with Crippen LogP contribution in [0, 0.1) is 0 Å². The van der Waals surface area contributed by atoms with Gasteiger partial charge < -0.3 is 9.47 Å². The largest absolute Gasteiger partial charge is 0.487 e. The lowest BCUT2D eigenvalue weighted by atomic mass is 10.1. The quantitative estimate of drug-likeness (QED) is 0.586. The highest BCUT2D eigenvalue weighted by molar-refractivity contribution is 5.27. The van der Waals surface area contributed by atoms with E-state index in [0.29, 0.717) is 19.3 Å². The molecule has 0 bridgehead atoms. The predicted molar refractivity (Wildman–Crippen MR) is 109 cm³/mol. The second-order valence-corrected chi connectivity index (χ2v) is 7.37. The summed E-state index contributed by atoms with van der Waals surface area (Å²) in [5.74, 6) is 0.832. The molecule has 3 heterocycles. The maximum absolute atomic E-state index is 5.79. The minimum Gasteiger partial charge on any atom is -0.487 e. The van der Waals surface area contributed by atoms with E-state index in [1.54, 1.807) is 13.3 Å². The van der Waals surface area contributed by atoms with Crippen molar-refractivity contribution >= 4 is 0 Å². The third kappa shape index (κ3) is 5.62. The van der Waals surface area contributed by atoms with Crippen molar-refractivity contribution in [3.63, 3.8) is 0 Å². The smallest absolute Gasteiger partial charge is 0.130 e. The lowest BCUT2D eigenvalue weighted by molar-refractivity contribution is 0.0385. The number of pyridine rings is 1. The van der Waals surface area contributed by atoms with E-state index in [0.717, 1.165) is 55.2 Å². The van der Waals surface area contributed by atoms with Crippen LogP contribution in [0.1, 0.15) is 29.8 Å². The van der Waals surface area contributed by atoms with Crippen LogP contribution in [0.2, 0.25) is 0 Å². The van der Waals surface area contributed by atoms with Crippen molar-refractivity contribution in [2.45, 2.75) is 38.6 Å². The minimum atomic E-state index is 0.401. The summed E-state index contributed by atoms with van der Waals surface area (Å²) in [4.78, 5) is 6.68. The van der Waals surface area contributed by atoms with Gasteiger partial charge in [-0.25, -0.2) is 4.68 Å². The van der Waals surface area contributed by atoms with Crippen molar-refractivity contribution in [3.05, 3.63) is 71.8 Å². The molecule has 0 saturated carbocycles. The number of aromatic nitrogens is 4. The van der Waals surface area contributed by atoms with Gasteiger partial charge in [0.1, 0.15) is 12.4 Å². The molecule has 29 heavy (non-hydrogen) atoms. The van der Waals surface area contributed by atoms with Crippen molar-refractivity contribution < 1.29 is 9.47 Å². The summed E-state index contributed by atoms with van der Waals surface area (Å²) < 4.78 is 13.1. The topological polar surface area (TPSA) is 65.3 Å². The van der Waals surface area contributed by atoms with Crippen LogP contribution in [0.3, 0.4) is 0 Å². The first kappa shape index (κ1) is 19.5. The highest BCUT2D eigenvalue weighted by Gasteiger charge is 2.19. The van der Waals surface area contributed by atoms with Gasteiger partial charge in [-0.05, 0) is 42.7 Å². The zero-order valence-electron chi connectivity index (χ0n) is 16.8. The van der Waals surface area contributed by atoms with Crippen molar-refractivity contribution in [2.24, 2.45) is 0 Å². The maximum Gasteiger partial charge on any atom is 0.130 e.